The minimum atomic E-state index is -5.01. The summed E-state index contributed by atoms with van der Waals surface area (Å²) in [4.78, 5) is 28.4. The number of nitrogens with zero attached hydrogens (tertiary/aromatic N) is 4. The molecular formula is C32H39F4N5O3. The second-order valence-corrected chi connectivity index (χ2v) is 14.4. The van der Waals surface area contributed by atoms with Crippen LogP contribution in [0.15, 0.2) is 28.2 Å². The van der Waals surface area contributed by atoms with Gasteiger partial charge in [0.15, 0.2) is 11.6 Å². The van der Waals surface area contributed by atoms with Crippen LogP contribution in [0.2, 0.25) is 0 Å². The molecule has 12 heteroatoms. The second-order valence-electron chi connectivity index (χ2n) is 14.4. The maximum atomic E-state index is 14.9. The third kappa shape index (κ3) is 4.40. The van der Waals surface area contributed by atoms with Gasteiger partial charge in [-0.1, -0.05) is 6.07 Å². The summed E-state index contributed by atoms with van der Waals surface area (Å²) in [5.41, 5.74) is -0.165. The molecule has 0 bridgehead atoms. The van der Waals surface area contributed by atoms with Crippen LogP contribution in [0, 0.1) is 22.6 Å². The summed E-state index contributed by atoms with van der Waals surface area (Å²) in [6, 6.07) is 3.35. The van der Waals surface area contributed by atoms with Gasteiger partial charge in [0.25, 0.3) is 0 Å². The molecule has 3 heterocycles. The average Bonchev–Trinajstić information content (AvgIpc) is 3.92. The summed E-state index contributed by atoms with van der Waals surface area (Å²) in [6.07, 6.45) is 5.00. The van der Waals surface area contributed by atoms with Crippen molar-refractivity contribution in [3.63, 3.8) is 0 Å². The number of nitrogens with one attached hydrogen (secondary N) is 1. The molecule has 1 aromatic carbocycles. The van der Waals surface area contributed by atoms with E-state index < -0.39 is 23.3 Å². The Morgan fingerprint density at radius 2 is 1.82 bits per heavy atom. The Kier molecular flexibility index (Phi) is 6.29. The number of amides is 1. The lowest BCUT2D eigenvalue weighted by Gasteiger charge is -2.44. The van der Waals surface area contributed by atoms with Crippen molar-refractivity contribution < 1.29 is 31.8 Å². The Balaban J connectivity index is 1.01. The van der Waals surface area contributed by atoms with Gasteiger partial charge >= 0.3 is 6.36 Å². The lowest BCUT2D eigenvalue weighted by Crippen LogP contribution is -2.58. The standard InChI is InChI=1S/C32H39F4N5O3/c1-28-25(29(6-7-29)18-30(28)8-9-30)26(37-19-38-28)40-10-12-41(13-11-40)27(42)31(17-24(31)39-21-4-14-43-15-5-21)20-2-3-23(22(33)16-20)44-32(34,35)36/h2-3,16,19,21,24-25,39H,4-15,17-18H2,1H3. The summed E-state index contributed by atoms with van der Waals surface area (Å²) in [5.74, 6) is -0.706. The Morgan fingerprint density at radius 3 is 2.45 bits per heavy atom. The first kappa shape index (κ1) is 28.7. The number of rotatable bonds is 5. The molecule has 238 valence electrons. The molecule has 8 rings (SSSR count). The predicted molar refractivity (Wildman–Crippen MR) is 154 cm³/mol. The zero-order valence-corrected chi connectivity index (χ0v) is 25.0. The minimum Gasteiger partial charge on any atom is -0.403 e. The van der Waals surface area contributed by atoms with E-state index in [4.69, 9.17) is 14.7 Å². The monoisotopic (exact) mass is 617 g/mol. The van der Waals surface area contributed by atoms with Gasteiger partial charge in [0, 0.05) is 57.4 Å². The molecule has 8 nitrogen and oxygen atoms in total. The van der Waals surface area contributed by atoms with Crippen molar-refractivity contribution in [2.24, 2.45) is 26.7 Å². The largest absolute Gasteiger partial charge is 0.573 e. The van der Waals surface area contributed by atoms with Crippen LogP contribution in [0.5, 0.6) is 5.75 Å². The molecule has 2 spiro atoms. The van der Waals surface area contributed by atoms with Gasteiger partial charge < -0.3 is 24.6 Å². The van der Waals surface area contributed by atoms with Crippen molar-refractivity contribution in [2.75, 3.05) is 39.4 Å². The van der Waals surface area contributed by atoms with Gasteiger partial charge in [0.05, 0.1) is 11.0 Å². The van der Waals surface area contributed by atoms with Crippen molar-refractivity contribution in [2.45, 2.75) is 87.7 Å². The number of carbonyl (C=O) groups is 1. The molecule has 4 saturated carbocycles. The van der Waals surface area contributed by atoms with E-state index >= 15 is 0 Å². The van der Waals surface area contributed by atoms with Gasteiger partial charge in [-0.15, -0.1) is 13.2 Å². The van der Waals surface area contributed by atoms with E-state index in [0.717, 1.165) is 30.8 Å². The van der Waals surface area contributed by atoms with E-state index in [-0.39, 0.29) is 23.5 Å². The minimum absolute atomic E-state index is 0.110. The quantitative estimate of drug-likeness (QED) is 0.495. The summed E-state index contributed by atoms with van der Waals surface area (Å²) in [7, 11) is 0. The average molecular weight is 618 g/mol. The molecule has 4 aliphatic carbocycles. The van der Waals surface area contributed by atoms with Crippen molar-refractivity contribution in [1.82, 2.24) is 15.1 Å². The second kappa shape index (κ2) is 9.64. The molecule has 7 aliphatic rings. The third-order valence-electron chi connectivity index (χ3n) is 12.0. The number of halogens is 4. The number of alkyl halides is 3. The highest BCUT2D eigenvalue weighted by Crippen LogP contribution is 2.79. The Labute approximate surface area is 254 Å². The van der Waals surface area contributed by atoms with Gasteiger partial charge in [0.2, 0.25) is 5.91 Å². The maximum Gasteiger partial charge on any atom is 0.573 e. The number of piperazine rings is 1. The first-order valence-electron chi connectivity index (χ1n) is 16.0. The molecule has 4 atom stereocenters. The van der Waals surface area contributed by atoms with Crippen LogP contribution in [0.4, 0.5) is 17.6 Å². The van der Waals surface area contributed by atoms with Gasteiger partial charge in [-0.2, -0.15) is 0 Å². The van der Waals surface area contributed by atoms with E-state index in [9.17, 15) is 22.4 Å². The lowest BCUT2D eigenvalue weighted by atomic mass is 9.76. The molecule has 1 amide bonds. The summed E-state index contributed by atoms with van der Waals surface area (Å²) in [6.45, 7) is 5.88. The number of ether oxygens (including phenoxy) is 2. The molecule has 0 aromatic heterocycles. The number of hydrogen-bond donors (Lipinski definition) is 1. The molecule has 1 N–H and O–H groups in total. The highest BCUT2D eigenvalue weighted by Gasteiger charge is 2.77. The van der Waals surface area contributed by atoms with Crippen LogP contribution in [-0.4, -0.2) is 91.3 Å². The summed E-state index contributed by atoms with van der Waals surface area (Å²) < 4.78 is 62.7. The first-order valence-corrected chi connectivity index (χ1v) is 16.0. The smallest absolute Gasteiger partial charge is 0.403 e. The van der Waals surface area contributed by atoms with E-state index in [1.807, 2.05) is 4.90 Å². The molecule has 1 aromatic rings. The zero-order valence-electron chi connectivity index (χ0n) is 25.0. The maximum absolute atomic E-state index is 14.9. The number of amidine groups is 1. The third-order valence-corrected chi connectivity index (χ3v) is 12.0. The topological polar surface area (TPSA) is 78.8 Å². The normalized spacial score (nSPS) is 35.1. The first-order chi connectivity index (χ1) is 21.0. The number of hydrogen-bond acceptors (Lipinski definition) is 7. The molecule has 2 saturated heterocycles. The molecule has 3 aliphatic heterocycles. The Hall–Kier alpha value is -2.73. The summed E-state index contributed by atoms with van der Waals surface area (Å²) >= 11 is 0. The van der Waals surface area contributed by atoms with Crippen LogP contribution in [0.1, 0.15) is 63.9 Å². The zero-order chi connectivity index (χ0) is 30.5. The van der Waals surface area contributed by atoms with Crippen molar-refractivity contribution in [3.05, 3.63) is 29.6 Å². The van der Waals surface area contributed by atoms with E-state index in [2.05, 4.69) is 21.9 Å². The molecule has 4 unspecified atom stereocenters. The number of aliphatic imine (C=N–C) groups is 2. The number of benzene rings is 1. The Morgan fingerprint density at radius 1 is 1.09 bits per heavy atom. The predicted octanol–water partition coefficient (Wildman–Crippen LogP) is 4.43. The molecule has 6 fully saturated rings. The fourth-order valence-electron chi connectivity index (χ4n) is 9.30. The van der Waals surface area contributed by atoms with Crippen molar-refractivity contribution in [3.8, 4) is 5.75 Å². The van der Waals surface area contributed by atoms with Crippen LogP contribution in [0.25, 0.3) is 0 Å². The van der Waals surface area contributed by atoms with Gasteiger partial charge in [-0.05, 0) is 86.8 Å². The van der Waals surface area contributed by atoms with Gasteiger partial charge in [-0.3, -0.25) is 9.79 Å². The highest BCUT2D eigenvalue weighted by atomic mass is 19.4. The SMILES string of the molecule is CC12N=CN=C(N3CCN(C(=O)C4(c5ccc(OC(F)(F)F)c(F)c5)CC4NC4CCOCC4)CC3)C1C1(CC1)CC21CC1. The van der Waals surface area contributed by atoms with Crippen LogP contribution in [0.3, 0.4) is 0 Å². The summed E-state index contributed by atoms with van der Waals surface area (Å²) in [5, 5.41) is 3.59. The molecule has 0 radical (unpaired) electrons. The molecule has 44 heavy (non-hydrogen) atoms. The van der Waals surface area contributed by atoms with Crippen LogP contribution < -0.4 is 10.1 Å². The van der Waals surface area contributed by atoms with E-state index in [0.29, 0.717) is 68.1 Å². The van der Waals surface area contributed by atoms with Gasteiger partial charge in [0.1, 0.15) is 12.2 Å². The number of carbonyl (C=O) groups excluding carboxylic acids is 1. The van der Waals surface area contributed by atoms with Crippen molar-refractivity contribution >= 4 is 18.1 Å². The molecular weight excluding hydrogens is 578 g/mol. The fraction of sp³-hybridized carbons (Fsp3) is 0.719. The van der Waals surface area contributed by atoms with Crippen LogP contribution in [-0.2, 0) is 14.9 Å². The van der Waals surface area contributed by atoms with Crippen LogP contribution >= 0.6 is 0 Å². The Bertz CT molecular complexity index is 1410. The number of fused-ring (bicyclic) bond motifs is 3. The lowest BCUT2D eigenvalue weighted by molar-refractivity contribution is -0.275. The van der Waals surface area contributed by atoms with Gasteiger partial charge in [-0.25, -0.2) is 9.38 Å². The highest BCUT2D eigenvalue weighted by molar-refractivity contribution is 5.96. The van der Waals surface area contributed by atoms with Crippen molar-refractivity contribution in [1.29, 1.82) is 0 Å². The van der Waals surface area contributed by atoms with E-state index in [1.54, 1.807) is 6.34 Å². The fourth-order valence-corrected chi connectivity index (χ4v) is 9.30. The van der Waals surface area contributed by atoms with E-state index in [1.165, 1.54) is 38.2 Å².